The Labute approximate surface area is 146 Å². The smallest absolute Gasteiger partial charge is 0.316 e. The molecule has 4 nitrogen and oxygen atoms in total. The Morgan fingerprint density at radius 2 is 1.74 bits per heavy atom. The van der Waals surface area contributed by atoms with E-state index in [0.717, 1.165) is 25.2 Å². The molecule has 0 bridgehead atoms. The summed E-state index contributed by atoms with van der Waals surface area (Å²) in [5.41, 5.74) is 0.802. The zero-order valence-electron chi connectivity index (χ0n) is 14.6. The van der Waals surface area contributed by atoms with Crippen molar-refractivity contribution < 1.29 is 14.6 Å². The van der Waals surface area contributed by atoms with Gasteiger partial charge in [0.05, 0.1) is 6.10 Å². The summed E-state index contributed by atoms with van der Waals surface area (Å²) in [6, 6.07) is 9.37. The molecule has 0 radical (unpaired) electrons. The number of halogens is 1. The third kappa shape index (κ3) is 6.90. The summed E-state index contributed by atoms with van der Waals surface area (Å²) in [5, 5.41) is 10.4. The number of aliphatic hydroxyl groups is 1. The molecule has 0 aromatic heterocycles. The second kappa shape index (κ2) is 11.4. The lowest BCUT2D eigenvalue weighted by Gasteiger charge is -2.25. The summed E-state index contributed by atoms with van der Waals surface area (Å²) in [6.45, 7) is 10.9. The van der Waals surface area contributed by atoms with Crippen LogP contribution in [0.3, 0.4) is 0 Å². The number of esters is 1. The fourth-order valence-corrected chi connectivity index (χ4v) is 2.42. The van der Waals surface area contributed by atoms with Crippen LogP contribution in [-0.4, -0.2) is 48.3 Å². The minimum atomic E-state index is -0.747. The van der Waals surface area contributed by atoms with Crippen molar-refractivity contribution in [1.29, 1.82) is 0 Å². The number of carbonyl (C=O) groups excluding carboxylic acids is 1. The van der Waals surface area contributed by atoms with E-state index in [1.54, 1.807) is 0 Å². The van der Waals surface area contributed by atoms with Crippen molar-refractivity contribution in [3.63, 3.8) is 0 Å². The predicted molar refractivity (Wildman–Crippen MR) is 96.0 cm³/mol. The third-order valence-corrected chi connectivity index (χ3v) is 3.98. The van der Waals surface area contributed by atoms with Crippen molar-refractivity contribution in [2.45, 2.75) is 39.7 Å². The van der Waals surface area contributed by atoms with Crippen LogP contribution in [-0.2, 0) is 9.53 Å². The quantitative estimate of drug-likeness (QED) is 0.700. The van der Waals surface area contributed by atoms with Gasteiger partial charge in [-0.3, -0.25) is 4.79 Å². The van der Waals surface area contributed by atoms with E-state index in [0.29, 0.717) is 6.61 Å². The molecule has 0 amide bonds. The van der Waals surface area contributed by atoms with Gasteiger partial charge in [0.15, 0.2) is 0 Å². The number of likely N-dealkylation sites (N-methyl/N-ethyl adjacent to an activating group) is 1. The van der Waals surface area contributed by atoms with E-state index in [-0.39, 0.29) is 24.3 Å². The molecular weight excluding hydrogens is 314 g/mol. The summed E-state index contributed by atoms with van der Waals surface area (Å²) in [6.07, 6.45) is -0.747. The number of benzene rings is 1. The summed E-state index contributed by atoms with van der Waals surface area (Å²) in [4.78, 5) is 14.6. The zero-order valence-corrected chi connectivity index (χ0v) is 15.4. The van der Waals surface area contributed by atoms with Gasteiger partial charge >= 0.3 is 5.97 Å². The first-order valence-corrected chi connectivity index (χ1v) is 8.13. The van der Waals surface area contributed by atoms with Gasteiger partial charge in [0.2, 0.25) is 0 Å². The Balaban J connectivity index is 0.00000484. The van der Waals surface area contributed by atoms with Crippen molar-refractivity contribution in [3.05, 3.63) is 35.9 Å². The van der Waals surface area contributed by atoms with Gasteiger partial charge < -0.3 is 14.7 Å². The number of hydrogen-bond acceptors (Lipinski definition) is 4. The zero-order chi connectivity index (χ0) is 16.5. The molecule has 0 saturated carbocycles. The molecule has 23 heavy (non-hydrogen) atoms. The van der Waals surface area contributed by atoms with Crippen LogP contribution >= 0.6 is 12.4 Å². The van der Waals surface area contributed by atoms with Gasteiger partial charge in [0, 0.05) is 6.54 Å². The predicted octanol–water partition coefficient (Wildman–Crippen LogP) is 3.09. The van der Waals surface area contributed by atoms with Crippen molar-refractivity contribution in [2.24, 2.45) is 5.92 Å². The highest BCUT2D eigenvalue weighted by atomic mass is 35.5. The summed E-state index contributed by atoms with van der Waals surface area (Å²) in [7, 11) is 0. The Kier molecular flexibility index (Phi) is 10.9. The summed E-state index contributed by atoms with van der Waals surface area (Å²) in [5.74, 6) is -0.988. The normalized spacial score (nSPS) is 13.5. The van der Waals surface area contributed by atoms with Crippen molar-refractivity contribution in [3.8, 4) is 0 Å². The number of nitrogens with zero attached hydrogens (tertiary/aromatic N) is 1. The molecule has 1 aromatic carbocycles. The van der Waals surface area contributed by atoms with Gasteiger partial charge in [-0.1, -0.05) is 58.0 Å². The van der Waals surface area contributed by atoms with Crippen LogP contribution < -0.4 is 0 Å². The first-order chi connectivity index (χ1) is 10.5. The lowest BCUT2D eigenvalue weighted by Crippen LogP contribution is -2.34. The van der Waals surface area contributed by atoms with E-state index in [1.807, 2.05) is 44.2 Å². The molecule has 0 heterocycles. The Bertz CT molecular complexity index is 435. The molecule has 2 unspecified atom stereocenters. The maximum absolute atomic E-state index is 12.4. The number of ether oxygens (including phenoxy) is 1. The third-order valence-electron chi connectivity index (χ3n) is 3.98. The molecule has 1 aromatic rings. The molecule has 0 aliphatic carbocycles. The standard InChI is InChI=1S/C18H29NO3.ClH/c1-5-19(6-2)12-13-22-18(21)16(17(20)14(3)4)15-10-8-7-9-11-15;/h7-11,14,16-17,20H,5-6,12-13H2,1-4H3;1H. The fourth-order valence-electron chi connectivity index (χ4n) is 2.42. The van der Waals surface area contributed by atoms with Crippen LogP contribution in [0.2, 0.25) is 0 Å². The van der Waals surface area contributed by atoms with E-state index >= 15 is 0 Å². The summed E-state index contributed by atoms with van der Waals surface area (Å²) >= 11 is 0. The first-order valence-electron chi connectivity index (χ1n) is 8.13. The average Bonchev–Trinajstić information content (AvgIpc) is 2.52. The van der Waals surface area contributed by atoms with Gasteiger partial charge in [0.25, 0.3) is 0 Å². The molecule has 0 spiro atoms. The highest BCUT2D eigenvalue weighted by molar-refractivity contribution is 5.85. The summed E-state index contributed by atoms with van der Waals surface area (Å²) < 4.78 is 5.42. The van der Waals surface area contributed by atoms with Gasteiger partial charge in [-0.2, -0.15) is 0 Å². The van der Waals surface area contributed by atoms with Crippen LogP contribution in [0.15, 0.2) is 30.3 Å². The molecule has 0 aliphatic rings. The number of rotatable bonds is 9. The van der Waals surface area contributed by atoms with E-state index < -0.39 is 12.0 Å². The number of hydrogen-bond donors (Lipinski definition) is 1. The first kappa shape index (κ1) is 21.9. The number of aliphatic hydroxyl groups excluding tert-OH is 1. The van der Waals surface area contributed by atoms with Gasteiger partial charge in [0.1, 0.15) is 12.5 Å². The largest absolute Gasteiger partial charge is 0.464 e. The molecule has 0 saturated heterocycles. The van der Waals surface area contributed by atoms with E-state index in [1.165, 1.54) is 0 Å². The Morgan fingerprint density at radius 3 is 2.22 bits per heavy atom. The maximum Gasteiger partial charge on any atom is 0.316 e. The molecule has 0 aliphatic heterocycles. The molecule has 1 rings (SSSR count). The second-order valence-electron chi connectivity index (χ2n) is 5.82. The van der Waals surface area contributed by atoms with Gasteiger partial charge in [-0.15, -0.1) is 12.4 Å². The molecule has 0 fully saturated rings. The lowest BCUT2D eigenvalue weighted by atomic mass is 9.87. The van der Waals surface area contributed by atoms with Crippen molar-refractivity contribution in [1.82, 2.24) is 4.90 Å². The maximum atomic E-state index is 12.4. The van der Waals surface area contributed by atoms with Crippen molar-refractivity contribution >= 4 is 18.4 Å². The second-order valence-corrected chi connectivity index (χ2v) is 5.82. The Morgan fingerprint density at radius 1 is 1.17 bits per heavy atom. The van der Waals surface area contributed by atoms with Gasteiger partial charge in [-0.05, 0) is 24.6 Å². The van der Waals surface area contributed by atoms with Gasteiger partial charge in [-0.25, -0.2) is 0 Å². The van der Waals surface area contributed by atoms with Crippen LogP contribution in [0.4, 0.5) is 0 Å². The van der Waals surface area contributed by atoms with Crippen molar-refractivity contribution in [2.75, 3.05) is 26.2 Å². The highest BCUT2D eigenvalue weighted by Gasteiger charge is 2.31. The van der Waals surface area contributed by atoms with E-state index in [9.17, 15) is 9.90 Å². The van der Waals surface area contributed by atoms with Crippen LogP contribution in [0.25, 0.3) is 0 Å². The molecular formula is C18H30ClNO3. The Hall–Kier alpha value is -1.10. The molecule has 1 N–H and O–H groups in total. The topological polar surface area (TPSA) is 49.8 Å². The van der Waals surface area contributed by atoms with Crippen LogP contribution in [0, 0.1) is 5.92 Å². The lowest BCUT2D eigenvalue weighted by molar-refractivity contribution is -0.149. The van der Waals surface area contributed by atoms with E-state index in [2.05, 4.69) is 18.7 Å². The highest BCUT2D eigenvalue weighted by Crippen LogP contribution is 2.25. The minimum Gasteiger partial charge on any atom is -0.464 e. The monoisotopic (exact) mass is 343 g/mol. The molecule has 2 atom stereocenters. The molecule has 5 heteroatoms. The number of carbonyl (C=O) groups is 1. The SMILES string of the molecule is CCN(CC)CCOC(=O)C(c1ccccc1)C(O)C(C)C.Cl. The molecule has 132 valence electrons. The minimum absolute atomic E-state index is 0. The van der Waals surface area contributed by atoms with E-state index in [4.69, 9.17) is 4.74 Å². The average molecular weight is 344 g/mol. The fraction of sp³-hybridized carbons (Fsp3) is 0.611. The van der Waals surface area contributed by atoms with Crippen LogP contribution in [0.1, 0.15) is 39.2 Å². The van der Waals surface area contributed by atoms with Crippen LogP contribution in [0.5, 0.6) is 0 Å².